The van der Waals surface area contributed by atoms with Crippen molar-refractivity contribution >= 4 is 22.7 Å². The summed E-state index contributed by atoms with van der Waals surface area (Å²) in [5.74, 6) is 0. The van der Waals surface area contributed by atoms with Crippen LogP contribution >= 0.6 is 0 Å². The quantitative estimate of drug-likeness (QED) is 0.667. The maximum atomic E-state index is 12.2. The van der Waals surface area contributed by atoms with E-state index >= 15 is 0 Å². The van der Waals surface area contributed by atoms with Gasteiger partial charge in [-0.3, -0.25) is 0 Å². The van der Waals surface area contributed by atoms with Crippen LogP contribution in [0.2, 0.25) is 0 Å². The van der Waals surface area contributed by atoms with E-state index in [-0.39, 0.29) is 0 Å². The number of hydrogen-bond acceptors (Lipinski definition) is 4. The molecule has 0 spiro atoms. The van der Waals surface area contributed by atoms with Crippen molar-refractivity contribution in [2.24, 2.45) is 0 Å². The molecule has 1 heterocycles. The molecule has 0 amide bonds. The normalized spacial score (nSPS) is 11.5. The zero-order chi connectivity index (χ0) is 18.6. The second-order valence-electron chi connectivity index (χ2n) is 7.33. The highest BCUT2D eigenvalue weighted by Crippen LogP contribution is 2.19. The molecule has 3 rings (SSSR count). The first kappa shape index (κ1) is 18.0. The zero-order valence-corrected chi connectivity index (χ0v) is 15.5. The summed E-state index contributed by atoms with van der Waals surface area (Å²) < 4.78 is 6.72. The number of ether oxygens (including phenoxy) is 1. The molecule has 26 heavy (non-hydrogen) atoms. The first-order valence-corrected chi connectivity index (χ1v) is 8.91. The monoisotopic (exact) mass is 351 g/mol. The van der Waals surface area contributed by atoms with Crippen molar-refractivity contribution in [3.8, 4) is 0 Å². The highest BCUT2D eigenvalue weighted by atomic mass is 16.6. The van der Waals surface area contributed by atoms with Crippen molar-refractivity contribution in [1.82, 2.24) is 9.78 Å². The van der Waals surface area contributed by atoms with Crippen molar-refractivity contribution in [1.29, 1.82) is 0 Å². The molecule has 0 aliphatic heterocycles. The first-order valence-electron chi connectivity index (χ1n) is 8.91. The zero-order valence-electron chi connectivity index (χ0n) is 15.5. The third-order valence-corrected chi connectivity index (χ3v) is 3.94. The van der Waals surface area contributed by atoms with Gasteiger partial charge in [0.1, 0.15) is 5.60 Å². The van der Waals surface area contributed by atoms with Crippen LogP contribution in [-0.2, 0) is 11.2 Å². The van der Waals surface area contributed by atoms with Crippen LogP contribution in [0, 0.1) is 0 Å². The van der Waals surface area contributed by atoms with E-state index < -0.39 is 11.7 Å². The number of aromatic nitrogens is 2. The number of anilines is 1. The lowest BCUT2D eigenvalue weighted by Crippen LogP contribution is -2.27. The largest absolute Gasteiger partial charge is 0.442 e. The fourth-order valence-corrected chi connectivity index (χ4v) is 2.77. The van der Waals surface area contributed by atoms with Gasteiger partial charge in [-0.1, -0.05) is 24.3 Å². The number of carbonyl (C=O) groups excluding carboxylic acids is 1. The van der Waals surface area contributed by atoms with E-state index in [9.17, 15) is 4.79 Å². The number of benzene rings is 2. The van der Waals surface area contributed by atoms with Crippen molar-refractivity contribution in [2.75, 3.05) is 11.9 Å². The van der Waals surface area contributed by atoms with Crippen LogP contribution in [-0.4, -0.2) is 28.0 Å². The van der Waals surface area contributed by atoms with E-state index in [1.165, 1.54) is 10.2 Å². The van der Waals surface area contributed by atoms with E-state index in [1.54, 1.807) is 6.20 Å². The molecule has 1 N–H and O–H groups in total. The van der Waals surface area contributed by atoms with Gasteiger partial charge in [0.25, 0.3) is 0 Å². The molecule has 0 saturated heterocycles. The molecule has 5 heteroatoms. The number of rotatable bonds is 5. The van der Waals surface area contributed by atoms with Gasteiger partial charge in [-0.15, -0.1) is 0 Å². The fraction of sp³-hybridized carbons (Fsp3) is 0.333. The molecule has 2 aromatic carbocycles. The standard InChI is InChI=1S/C21H25N3O2/c1-21(2,3)26-20(25)24-19-12-11-16(14-17(19)15-23-24)8-7-13-22-18-9-5-4-6-10-18/h4-6,9-12,14-15,22H,7-8,13H2,1-3H3. The average Bonchev–Trinajstić information content (AvgIpc) is 3.01. The minimum absolute atomic E-state index is 0.452. The van der Waals surface area contributed by atoms with Gasteiger partial charge in [0, 0.05) is 17.6 Å². The Balaban J connectivity index is 1.60. The van der Waals surface area contributed by atoms with E-state index in [0.29, 0.717) is 0 Å². The predicted molar refractivity (Wildman–Crippen MR) is 105 cm³/mol. The number of para-hydroxylation sites is 1. The lowest BCUT2D eigenvalue weighted by Gasteiger charge is -2.19. The summed E-state index contributed by atoms with van der Waals surface area (Å²) in [5, 5.41) is 8.55. The van der Waals surface area contributed by atoms with Gasteiger partial charge in [0.15, 0.2) is 0 Å². The van der Waals surface area contributed by atoms with Gasteiger partial charge < -0.3 is 10.1 Å². The van der Waals surface area contributed by atoms with Crippen molar-refractivity contribution in [3.05, 3.63) is 60.3 Å². The maximum Gasteiger partial charge on any atom is 0.435 e. The molecule has 0 aliphatic rings. The summed E-state index contributed by atoms with van der Waals surface area (Å²) in [4.78, 5) is 12.2. The SMILES string of the molecule is CC(C)(C)OC(=O)n1ncc2cc(CCCNc3ccccc3)ccc21. The highest BCUT2D eigenvalue weighted by molar-refractivity contribution is 5.88. The van der Waals surface area contributed by atoms with Crippen molar-refractivity contribution < 1.29 is 9.53 Å². The van der Waals surface area contributed by atoms with Crippen LogP contribution in [0.1, 0.15) is 32.8 Å². The number of aryl methyl sites for hydroxylation is 1. The average molecular weight is 351 g/mol. The summed E-state index contributed by atoms with van der Waals surface area (Å²) in [6.07, 6.45) is 3.26. The molecule has 0 fully saturated rings. The minimum Gasteiger partial charge on any atom is -0.442 e. The van der Waals surface area contributed by atoms with Gasteiger partial charge in [-0.2, -0.15) is 9.78 Å². The van der Waals surface area contributed by atoms with Crippen LogP contribution in [0.25, 0.3) is 10.9 Å². The molecular weight excluding hydrogens is 326 g/mol. The summed E-state index contributed by atoms with van der Waals surface area (Å²) in [7, 11) is 0. The number of carbonyl (C=O) groups is 1. The van der Waals surface area contributed by atoms with Gasteiger partial charge >= 0.3 is 6.09 Å². The number of fused-ring (bicyclic) bond motifs is 1. The van der Waals surface area contributed by atoms with Crippen LogP contribution in [0.5, 0.6) is 0 Å². The Morgan fingerprint density at radius 2 is 1.92 bits per heavy atom. The molecule has 5 nitrogen and oxygen atoms in total. The van der Waals surface area contributed by atoms with Crippen LogP contribution in [0.3, 0.4) is 0 Å². The third kappa shape index (κ3) is 4.63. The predicted octanol–water partition coefficient (Wildman–Crippen LogP) is 4.86. The van der Waals surface area contributed by atoms with Gasteiger partial charge in [0.2, 0.25) is 0 Å². The number of nitrogens with one attached hydrogen (secondary N) is 1. The van der Waals surface area contributed by atoms with Crippen LogP contribution < -0.4 is 5.32 Å². The lowest BCUT2D eigenvalue weighted by atomic mass is 10.1. The molecule has 1 aromatic heterocycles. The van der Waals surface area contributed by atoms with Gasteiger partial charge in [0.05, 0.1) is 11.7 Å². The first-order chi connectivity index (χ1) is 12.4. The molecule has 0 aliphatic carbocycles. The Kier molecular flexibility index (Phi) is 5.26. The summed E-state index contributed by atoms with van der Waals surface area (Å²) in [6.45, 7) is 6.45. The van der Waals surface area contributed by atoms with Crippen LogP contribution in [0.15, 0.2) is 54.7 Å². The smallest absolute Gasteiger partial charge is 0.435 e. The Morgan fingerprint density at radius 1 is 1.15 bits per heavy atom. The highest BCUT2D eigenvalue weighted by Gasteiger charge is 2.19. The van der Waals surface area contributed by atoms with E-state index in [1.807, 2.05) is 51.1 Å². The molecule has 136 valence electrons. The maximum absolute atomic E-state index is 12.2. The Labute approximate surface area is 154 Å². The lowest BCUT2D eigenvalue weighted by molar-refractivity contribution is 0.0523. The van der Waals surface area contributed by atoms with E-state index in [0.717, 1.165) is 36.0 Å². The third-order valence-electron chi connectivity index (χ3n) is 3.94. The molecule has 0 bridgehead atoms. The van der Waals surface area contributed by atoms with E-state index in [2.05, 4.69) is 28.6 Å². The van der Waals surface area contributed by atoms with Crippen LogP contribution in [0.4, 0.5) is 10.5 Å². The fourth-order valence-electron chi connectivity index (χ4n) is 2.77. The number of nitrogens with zero attached hydrogens (tertiary/aromatic N) is 2. The van der Waals surface area contributed by atoms with Crippen molar-refractivity contribution in [2.45, 2.75) is 39.2 Å². The molecule has 0 saturated carbocycles. The molecular formula is C21H25N3O2. The molecule has 0 atom stereocenters. The van der Waals surface area contributed by atoms with Gasteiger partial charge in [-0.05, 0) is 63.4 Å². The second kappa shape index (κ2) is 7.60. The Morgan fingerprint density at radius 3 is 2.65 bits per heavy atom. The number of hydrogen-bond donors (Lipinski definition) is 1. The molecule has 3 aromatic rings. The molecule has 0 radical (unpaired) electrons. The minimum atomic E-state index is -0.541. The Bertz CT molecular complexity index is 879. The van der Waals surface area contributed by atoms with Gasteiger partial charge in [-0.25, -0.2) is 4.79 Å². The molecule has 0 unspecified atom stereocenters. The van der Waals surface area contributed by atoms with Crippen molar-refractivity contribution in [3.63, 3.8) is 0 Å². The summed E-state index contributed by atoms with van der Waals surface area (Å²) >= 11 is 0. The van der Waals surface area contributed by atoms with E-state index in [4.69, 9.17) is 4.74 Å². The second-order valence-corrected chi connectivity index (χ2v) is 7.33. The topological polar surface area (TPSA) is 56.2 Å². The summed E-state index contributed by atoms with van der Waals surface area (Å²) in [5.41, 5.74) is 2.60. The Hall–Kier alpha value is -2.82. The summed E-state index contributed by atoms with van der Waals surface area (Å²) in [6, 6.07) is 16.3.